The predicted molar refractivity (Wildman–Crippen MR) is 86.5 cm³/mol. The number of rotatable bonds is 5. The van der Waals surface area contributed by atoms with Gasteiger partial charge in [-0.15, -0.1) is 10.2 Å². The zero-order valence-corrected chi connectivity index (χ0v) is 12.7. The molecule has 0 bridgehead atoms. The highest BCUT2D eigenvalue weighted by Crippen LogP contribution is 2.14. The van der Waals surface area contributed by atoms with Gasteiger partial charge in [-0.1, -0.05) is 11.6 Å². The van der Waals surface area contributed by atoms with Crippen molar-refractivity contribution in [1.82, 2.24) is 20.0 Å². The summed E-state index contributed by atoms with van der Waals surface area (Å²) in [6.45, 7) is 0.526. The van der Waals surface area contributed by atoms with E-state index in [0.29, 0.717) is 17.4 Å². The quantitative estimate of drug-likeness (QED) is 0.746. The number of carbonyl (C=O) groups excluding carboxylic acids is 1. The molecule has 3 rings (SSSR count). The molecule has 0 fully saturated rings. The minimum atomic E-state index is -0.603. The molecule has 116 valence electrons. The second kappa shape index (κ2) is 6.45. The van der Waals surface area contributed by atoms with Crippen LogP contribution < -0.4 is 11.1 Å². The monoisotopic (exact) mass is 328 g/mol. The van der Waals surface area contributed by atoms with Gasteiger partial charge in [-0.05, 0) is 36.4 Å². The van der Waals surface area contributed by atoms with Crippen LogP contribution in [0.2, 0.25) is 5.02 Å². The number of primary amides is 1. The zero-order valence-electron chi connectivity index (χ0n) is 12.0. The predicted octanol–water partition coefficient (Wildman–Crippen LogP) is 2.03. The Hall–Kier alpha value is -2.93. The Morgan fingerprint density at radius 3 is 2.61 bits per heavy atom. The fraction of sp³-hybridized carbons (Fsp3) is 0.0667. The highest BCUT2D eigenvalue weighted by molar-refractivity contribution is 6.30. The van der Waals surface area contributed by atoms with Crippen LogP contribution in [0.3, 0.4) is 0 Å². The van der Waals surface area contributed by atoms with Crippen molar-refractivity contribution in [2.75, 3.05) is 5.32 Å². The van der Waals surface area contributed by atoms with Gasteiger partial charge in [0.25, 0.3) is 5.91 Å². The number of aromatic nitrogens is 4. The number of amides is 1. The van der Waals surface area contributed by atoms with E-state index >= 15 is 0 Å². The Kier molecular flexibility index (Phi) is 4.20. The van der Waals surface area contributed by atoms with E-state index in [-0.39, 0.29) is 5.69 Å². The maximum absolute atomic E-state index is 10.9. The Labute approximate surface area is 137 Å². The molecule has 1 aromatic carbocycles. The van der Waals surface area contributed by atoms with Gasteiger partial charge in [-0.2, -0.15) is 5.10 Å². The smallest absolute Gasteiger partial charge is 0.269 e. The highest BCUT2D eigenvalue weighted by Gasteiger charge is 2.04. The molecule has 8 heteroatoms. The summed E-state index contributed by atoms with van der Waals surface area (Å²) in [5.41, 5.74) is 7.14. The summed E-state index contributed by atoms with van der Waals surface area (Å²) in [4.78, 5) is 10.9. The van der Waals surface area contributed by atoms with Crippen molar-refractivity contribution < 1.29 is 4.79 Å². The number of nitrogens with one attached hydrogen (secondary N) is 1. The van der Waals surface area contributed by atoms with Gasteiger partial charge in [-0.3, -0.25) is 4.79 Å². The summed E-state index contributed by atoms with van der Waals surface area (Å²) in [5.74, 6) is -0.0532. The van der Waals surface area contributed by atoms with Gasteiger partial charge < -0.3 is 11.1 Å². The van der Waals surface area contributed by atoms with Crippen LogP contribution in [0, 0.1) is 0 Å². The molecule has 7 nitrogen and oxygen atoms in total. The van der Waals surface area contributed by atoms with E-state index in [0.717, 1.165) is 11.3 Å². The van der Waals surface area contributed by atoms with E-state index in [1.165, 1.54) is 6.07 Å². The number of nitrogens with two attached hydrogens (primary N) is 1. The van der Waals surface area contributed by atoms with E-state index in [2.05, 4.69) is 20.6 Å². The van der Waals surface area contributed by atoms with Crippen molar-refractivity contribution >= 4 is 23.3 Å². The first-order chi connectivity index (χ1) is 11.1. The lowest BCUT2D eigenvalue weighted by molar-refractivity contribution is 0.0994. The van der Waals surface area contributed by atoms with Crippen LogP contribution in [0.5, 0.6) is 0 Å². The zero-order chi connectivity index (χ0) is 16.2. The minimum Gasteiger partial charge on any atom is -0.364 e. The first kappa shape index (κ1) is 15.0. The van der Waals surface area contributed by atoms with Crippen LogP contribution >= 0.6 is 11.6 Å². The molecule has 0 atom stereocenters. The molecule has 0 spiro atoms. The number of benzene rings is 1. The van der Waals surface area contributed by atoms with E-state index in [4.69, 9.17) is 17.3 Å². The molecule has 0 saturated carbocycles. The lowest BCUT2D eigenvalue weighted by atomic mass is 10.3. The topological polar surface area (TPSA) is 98.7 Å². The molecule has 0 aliphatic heterocycles. The van der Waals surface area contributed by atoms with E-state index in [1.54, 1.807) is 16.9 Å². The average Bonchev–Trinajstić information content (AvgIpc) is 3.03. The molecule has 3 N–H and O–H groups in total. The number of halogens is 1. The third-order valence-electron chi connectivity index (χ3n) is 3.12. The summed E-state index contributed by atoms with van der Waals surface area (Å²) >= 11 is 5.87. The SMILES string of the molecule is NC(=O)c1ccc(NCc2cnn(-c3ccc(Cl)cc3)c2)nn1. The van der Waals surface area contributed by atoms with Gasteiger partial charge in [0.1, 0.15) is 5.82 Å². The van der Waals surface area contributed by atoms with Crippen LogP contribution in [0.1, 0.15) is 16.1 Å². The molecular formula is C15H13ClN6O. The highest BCUT2D eigenvalue weighted by atomic mass is 35.5. The van der Waals surface area contributed by atoms with Crippen molar-refractivity contribution in [1.29, 1.82) is 0 Å². The number of nitrogens with zero attached hydrogens (tertiary/aromatic N) is 4. The van der Waals surface area contributed by atoms with E-state index in [9.17, 15) is 4.79 Å². The summed E-state index contributed by atoms with van der Waals surface area (Å²) in [5, 5.41) is 15.7. The second-order valence-corrected chi connectivity index (χ2v) is 5.23. The molecule has 3 aromatic rings. The lowest BCUT2D eigenvalue weighted by Gasteiger charge is -2.03. The summed E-state index contributed by atoms with van der Waals surface area (Å²) in [6.07, 6.45) is 3.66. The van der Waals surface area contributed by atoms with Gasteiger partial charge in [0.05, 0.1) is 11.9 Å². The maximum atomic E-state index is 10.9. The fourth-order valence-electron chi connectivity index (χ4n) is 1.94. The largest absolute Gasteiger partial charge is 0.364 e. The first-order valence-electron chi connectivity index (χ1n) is 6.79. The van der Waals surface area contributed by atoms with Crippen molar-refractivity contribution in [2.24, 2.45) is 5.73 Å². The van der Waals surface area contributed by atoms with Crippen LogP contribution in [-0.2, 0) is 6.54 Å². The van der Waals surface area contributed by atoms with E-state index in [1.807, 2.05) is 30.5 Å². The Balaban J connectivity index is 1.65. The lowest BCUT2D eigenvalue weighted by Crippen LogP contribution is -2.14. The molecule has 0 aliphatic carbocycles. The van der Waals surface area contributed by atoms with Crippen LogP contribution in [-0.4, -0.2) is 25.9 Å². The van der Waals surface area contributed by atoms with Crippen LogP contribution in [0.15, 0.2) is 48.8 Å². The Morgan fingerprint density at radius 2 is 1.96 bits per heavy atom. The van der Waals surface area contributed by atoms with Crippen LogP contribution in [0.4, 0.5) is 5.82 Å². The molecular weight excluding hydrogens is 316 g/mol. The van der Waals surface area contributed by atoms with Gasteiger partial charge in [0.2, 0.25) is 0 Å². The van der Waals surface area contributed by atoms with Gasteiger partial charge in [0, 0.05) is 23.3 Å². The molecule has 0 aliphatic rings. The van der Waals surface area contributed by atoms with Crippen molar-refractivity contribution in [3.8, 4) is 5.69 Å². The molecule has 1 amide bonds. The number of anilines is 1. The van der Waals surface area contributed by atoms with Crippen LogP contribution in [0.25, 0.3) is 5.69 Å². The summed E-state index contributed by atoms with van der Waals surface area (Å²) in [7, 11) is 0. The second-order valence-electron chi connectivity index (χ2n) is 4.79. The van der Waals surface area contributed by atoms with Crippen molar-refractivity contribution in [2.45, 2.75) is 6.54 Å². The van der Waals surface area contributed by atoms with Crippen molar-refractivity contribution in [3.63, 3.8) is 0 Å². The molecule has 0 unspecified atom stereocenters. The van der Waals surface area contributed by atoms with Gasteiger partial charge >= 0.3 is 0 Å². The molecule has 0 saturated heterocycles. The normalized spacial score (nSPS) is 10.5. The summed E-state index contributed by atoms with van der Waals surface area (Å²) < 4.78 is 1.76. The molecule has 2 heterocycles. The maximum Gasteiger partial charge on any atom is 0.269 e. The fourth-order valence-corrected chi connectivity index (χ4v) is 2.06. The number of carbonyl (C=O) groups is 1. The van der Waals surface area contributed by atoms with Gasteiger partial charge in [-0.25, -0.2) is 4.68 Å². The standard InChI is InChI=1S/C15H13ClN6O/c16-11-1-3-12(4-2-11)22-9-10(8-19-22)7-18-14-6-5-13(15(17)23)20-21-14/h1-6,8-9H,7H2,(H2,17,23)(H,18,21). The molecule has 2 aromatic heterocycles. The van der Waals surface area contributed by atoms with Crippen molar-refractivity contribution in [3.05, 3.63) is 65.1 Å². The Morgan fingerprint density at radius 1 is 1.17 bits per heavy atom. The van der Waals surface area contributed by atoms with Gasteiger partial charge in [0.15, 0.2) is 5.69 Å². The summed E-state index contributed by atoms with van der Waals surface area (Å²) in [6, 6.07) is 10.6. The first-order valence-corrected chi connectivity index (χ1v) is 7.16. The molecule has 0 radical (unpaired) electrons. The number of hydrogen-bond donors (Lipinski definition) is 2. The number of hydrogen-bond acceptors (Lipinski definition) is 5. The Bertz CT molecular complexity index is 813. The van der Waals surface area contributed by atoms with E-state index < -0.39 is 5.91 Å². The third-order valence-corrected chi connectivity index (χ3v) is 3.37. The minimum absolute atomic E-state index is 0.131. The molecule has 23 heavy (non-hydrogen) atoms. The average molecular weight is 329 g/mol. The third kappa shape index (κ3) is 3.64.